The van der Waals surface area contributed by atoms with Gasteiger partial charge in [-0.1, -0.05) is 27.7 Å². The van der Waals surface area contributed by atoms with Crippen LogP contribution in [0.2, 0.25) is 0 Å². The third-order valence-electron chi connectivity index (χ3n) is 3.86. The van der Waals surface area contributed by atoms with Crippen LogP contribution >= 0.6 is 0 Å². The molecule has 1 aliphatic rings. The fraction of sp³-hybridized carbons (Fsp3) is 1.00. The predicted octanol–water partition coefficient (Wildman–Crippen LogP) is 3.13. The monoisotopic (exact) mass is 240 g/mol. The quantitative estimate of drug-likeness (QED) is 0.688. The van der Waals surface area contributed by atoms with Crippen LogP contribution in [0.5, 0.6) is 0 Å². The molecule has 0 radical (unpaired) electrons. The summed E-state index contributed by atoms with van der Waals surface area (Å²) in [5.41, 5.74) is 0.546. The molecule has 0 aromatic heterocycles. The van der Waals surface area contributed by atoms with Gasteiger partial charge in [-0.25, -0.2) is 0 Å². The molecule has 1 atom stereocenters. The van der Waals surface area contributed by atoms with Crippen molar-refractivity contribution in [2.24, 2.45) is 11.3 Å². The summed E-state index contributed by atoms with van der Waals surface area (Å²) in [7, 11) is 0. The van der Waals surface area contributed by atoms with Gasteiger partial charge in [0, 0.05) is 12.6 Å². The molecule has 0 aliphatic carbocycles. The van der Waals surface area contributed by atoms with Crippen molar-refractivity contribution in [2.75, 3.05) is 26.2 Å². The number of likely N-dealkylation sites (tertiary alicyclic amines) is 1. The first-order chi connectivity index (χ1) is 7.91. The molecule has 1 heterocycles. The smallest absolute Gasteiger partial charge is 0.00676 e. The van der Waals surface area contributed by atoms with Gasteiger partial charge in [-0.2, -0.15) is 0 Å². The van der Waals surface area contributed by atoms with E-state index in [2.05, 4.69) is 44.8 Å². The van der Waals surface area contributed by atoms with Gasteiger partial charge in [0.2, 0.25) is 0 Å². The summed E-state index contributed by atoms with van der Waals surface area (Å²) in [5, 5.41) is 3.53. The zero-order chi connectivity index (χ0) is 12.9. The number of hydrogen-bond acceptors (Lipinski definition) is 2. The minimum absolute atomic E-state index is 0.546. The van der Waals surface area contributed by atoms with Gasteiger partial charge in [-0.05, 0) is 57.2 Å². The minimum atomic E-state index is 0.546. The second-order valence-electron chi connectivity index (χ2n) is 6.97. The fourth-order valence-corrected chi connectivity index (χ4v) is 2.63. The van der Waals surface area contributed by atoms with Crippen molar-refractivity contribution >= 4 is 0 Å². The van der Waals surface area contributed by atoms with Crippen LogP contribution in [-0.4, -0.2) is 37.1 Å². The Balaban J connectivity index is 2.07. The Bertz CT molecular complexity index is 211. The van der Waals surface area contributed by atoms with E-state index in [1.54, 1.807) is 0 Å². The molecule has 1 rings (SSSR count). The Labute approximate surface area is 108 Å². The molecule has 0 bridgehead atoms. The van der Waals surface area contributed by atoms with Crippen LogP contribution < -0.4 is 5.32 Å². The first kappa shape index (κ1) is 15.0. The lowest BCUT2D eigenvalue weighted by Crippen LogP contribution is -2.33. The lowest BCUT2D eigenvalue weighted by atomic mass is 9.93. The molecule has 0 aromatic rings. The Morgan fingerprint density at radius 1 is 1.24 bits per heavy atom. The number of rotatable bonds is 7. The van der Waals surface area contributed by atoms with Crippen LogP contribution in [0.1, 0.15) is 53.9 Å². The van der Waals surface area contributed by atoms with E-state index in [1.807, 2.05) is 0 Å². The SMILES string of the molecule is CC(C)CNCCCC(C)N1CCC(C)(C)C1. The highest BCUT2D eigenvalue weighted by Crippen LogP contribution is 2.30. The molecule has 1 aliphatic heterocycles. The van der Waals surface area contributed by atoms with Gasteiger partial charge in [0.1, 0.15) is 0 Å². The predicted molar refractivity (Wildman–Crippen MR) is 76.4 cm³/mol. The zero-order valence-corrected chi connectivity index (χ0v) is 12.6. The van der Waals surface area contributed by atoms with Crippen LogP contribution in [0.25, 0.3) is 0 Å². The summed E-state index contributed by atoms with van der Waals surface area (Å²) in [6, 6.07) is 0.762. The average Bonchev–Trinajstić information content (AvgIpc) is 2.57. The summed E-state index contributed by atoms with van der Waals surface area (Å²) >= 11 is 0. The van der Waals surface area contributed by atoms with E-state index >= 15 is 0 Å². The Kier molecular flexibility index (Phi) is 5.94. The molecule has 0 amide bonds. The van der Waals surface area contributed by atoms with E-state index in [1.165, 1.54) is 38.9 Å². The first-order valence-corrected chi connectivity index (χ1v) is 7.35. The molecule has 1 saturated heterocycles. The normalized spacial score (nSPS) is 22.2. The maximum Gasteiger partial charge on any atom is 0.00676 e. The van der Waals surface area contributed by atoms with Crippen molar-refractivity contribution in [3.8, 4) is 0 Å². The van der Waals surface area contributed by atoms with E-state index < -0.39 is 0 Å². The summed E-state index contributed by atoms with van der Waals surface area (Å²) in [6.45, 7) is 16.6. The summed E-state index contributed by atoms with van der Waals surface area (Å²) in [6.07, 6.45) is 4.01. The number of nitrogens with zero attached hydrogens (tertiary/aromatic N) is 1. The van der Waals surface area contributed by atoms with Gasteiger partial charge in [-0.3, -0.25) is 0 Å². The summed E-state index contributed by atoms with van der Waals surface area (Å²) in [4.78, 5) is 2.67. The zero-order valence-electron chi connectivity index (χ0n) is 12.6. The third-order valence-corrected chi connectivity index (χ3v) is 3.86. The molecule has 1 N–H and O–H groups in total. The van der Waals surface area contributed by atoms with Crippen LogP contribution in [0.4, 0.5) is 0 Å². The van der Waals surface area contributed by atoms with Crippen LogP contribution in [0, 0.1) is 11.3 Å². The standard InChI is InChI=1S/C15H32N2/c1-13(2)11-16-9-6-7-14(3)17-10-8-15(4,5)12-17/h13-14,16H,6-12H2,1-5H3. The van der Waals surface area contributed by atoms with E-state index in [0.717, 1.165) is 18.5 Å². The molecule has 0 saturated carbocycles. The maximum absolute atomic E-state index is 3.53. The molecule has 1 unspecified atom stereocenters. The molecular weight excluding hydrogens is 208 g/mol. The lowest BCUT2D eigenvalue weighted by Gasteiger charge is -2.26. The molecule has 1 fully saturated rings. The third kappa shape index (κ3) is 5.87. The summed E-state index contributed by atoms with van der Waals surface area (Å²) in [5.74, 6) is 0.770. The fourth-order valence-electron chi connectivity index (χ4n) is 2.63. The lowest BCUT2D eigenvalue weighted by molar-refractivity contribution is 0.217. The van der Waals surface area contributed by atoms with Gasteiger partial charge in [0.15, 0.2) is 0 Å². The number of nitrogens with one attached hydrogen (secondary N) is 1. The molecule has 0 spiro atoms. The Morgan fingerprint density at radius 2 is 1.94 bits per heavy atom. The largest absolute Gasteiger partial charge is 0.316 e. The van der Waals surface area contributed by atoms with Crippen LogP contribution in [0.15, 0.2) is 0 Å². The van der Waals surface area contributed by atoms with Crippen molar-refractivity contribution in [3.63, 3.8) is 0 Å². The molecule has 2 nitrogen and oxygen atoms in total. The van der Waals surface area contributed by atoms with E-state index in [-0.39, 0.29) is 0 Å². The Hall–Kier alpha value is -0.0800. The second-order valence-corrected chi connectivity index (χ2v) is 6.97. The van der Waals surface area contributed by atoms with Gasteiger partial charge in [0.05, 0.1) is 0 Å². The highest BCUT2D eigenvalue weighted by atomic mass is 15.2. The maximum atomic E-state index is 3.53. The van der Waals surface area contributed by atoms with Crippen molar-refractivity contribution < 1.29 is 0 Å². The Morgan fingerprint density at radius 3 is 2.47 bits per heavy atom. The minimum Gasteiger partial charge on any atom is -0.316 e. The van der Waals surface area contributed by atoms with E-state index in [9.17, 15) is 0 Å². The van der Waals surface area contributed by atoms with E-state index in [0.29, 0.717) is 5.41 Å². The van der Waals surface area contributed by atoms with Gasteiger partial charge in [0.25, 0.3) is 0 Å². The van der Waals surface area contributed by atoms with Crippen LogP contribution in [0.3, 0.4) is 0 Å². The van der Waals surface area contributed by atoms with Crippen molar-refractivity contribution in [1.29, 1.82) is 0 Å². The topological polar surface area (TPSA) is 15.3 Å². The molecule has 102 valence electrons. The highest BCUT2D eigenvalue weighted by Gasteiger charge is 2.31. The first-order valence-electron chi connectivity index (χ1n) is 7.35. The number of hydrogen-bond donors (Lipinski definition) is 1. The average molecular weight is 240 g/mol. The molecule has 17 heavy (non-hydrogen) atoms. The molecule has 2 heteroatoms. The van der Waals surface area contributed by atoms with Gasteiger partial charge >= 0.3 is 0 Å². The summed E-state index contributed by atoms with van der Waals surface area (Å²) < 4.78 is 0. The van der Waals surface area contributed by atoms with Crippen LogP contribution in [-0.2, 0) is 0 Å². The van der Waals surface area contributed by atoms with Crippen molar-refractivity contribution in [3.05, 3.63) is 0 Å². The van der Waals surface area contributed by atoms with Gasteiger partial charge in [-0.15, -0.1) is 0 Å². The van der Waals surface area contributed by atoms with Gasteiger partial charge < -0.3 is 10.2 Å². The molecule has 0 aromatic carbocycles. The van der Waals surface area contributed by atoms with Crippen molar-refractivity contribution in [1.82, 2.24) is 10.2 Å². The second kappa shape index (κ2) is 6.75. The highest BCUT2D eigenvalue weighted by molar-refractivity contribution is 4.85. The molecular formula is C15H32N2. The van der Waals surface area contributed by atoms with E-state index in [4.69, 9.17) is 0 Å². The van der Waals surface area contributed by atoms with Crippen molar-refractivity contribution in [2.45, 2.75) is 59.9 Å².